The molecule has 1 aromatic carbocycles. The number of carbonyl (C=O) groups excluding carboxylic acids is 2. The molecule has 1 aromatic rings. The number of nitrogens with zero attached hydrogens (tertiary/aromatic N) is 1. The van der Waals surface area contributed by atoms with Crippen molar-refractivity contribution in [3.63, 3.8) is 0 Å². The van der Waals surface area contributed by atoms with E-state index in [1.54, 1.807) is 0 Å². The molecule has 8 atom stereocenters. The van der Waals surface area contributed by atoms with E-state index in [4.69, 9.17) is 14.2 Å². The molecule has 0 saturated carbocycles. The second-order valence-electron chi connectivity index (χ2n) is 13.7. The summed E-state index contributed by atoms with van der Waals surface area (Å²) in [5.74, 6) is 1.58. The largest absolute Gasteiger partial charge is 0.488 e. The monoisotopic (exact) mass is 687 g/mol. The van der Waals surface area contributed by atoms with E-state index in [1.165, 1.54) is 5.57 Å². The first-order valence-corrected chi connectivity index (χ1v) is 17.2. The van der Waals surface area contributed by atoms with Crippen LogP contribution in [0.4, 0.5) is 0 Å². The van der Waals surface area contributed by atoms with Crippen molar-refractivity contribution in [2.45, 2.75) is 104 Å². The van der Waals surface area contributed by atoms with Crippen LogP contribution in [0.5, 0.6) is 5.75 Å². The first kappa shape index (κ1) is 35.4. The molecule has 4 rings (SSSR count). The average Bonchev–Trinajstić information content (AvgIpc) is 3.42. The molecule has 45 heavy (non-hydrogen) atoms. The van der Waals surface area contributed by atoms with E-state index in [2.05, 4.69) is 53.0 Å². The van der Waals surface area contributed by atoms with Gasteiger partial charge < -0.3 is 24.4 Å². The van der Waals surface area contributed by atoms with Gasteiger partial charge in [-0.25, -0.2) is 0 Å². The number of carbonyl (C=O) groups is 2. The number of benzene rings is 1. The second-order valence-corrected chi connectivity index (χ2v) is 14.6. The predicted octanol–water partition coefficient (Wildman–Crippen LogP) is 6.62. The quantitative estimate of drug-likeness (QED) is 0.199. The van der Waals surface area contributed by atoms with Crippen molar-refractivity contribution < 1.29 is 34.0 Å². The van der Waals surface area contributed by atoms with Crippen LogP contribution >= 0.6 is 15.9 Å². The van der Waals surface area contributed by atoms with Gasteiger partial charge >= 0.3 is 5.97 Å². The molecule has 0 bridgehead atoms. The van der Waals surface area contributed by atoms with Gasteiger partial charge in [-0.1, -0.05) is 51.1 Å². The molecular weight excluding hydrogens is 638 g/mol. The van der Waals surface area contributed by atoms with Gasteiger partial charge in [0.1, 0.15) is 24.2 Å². The summed E-state index contributed by atoms with van der Waals surface area (Å²) in [6.45, 7) is 10.9. The predicted molar refractivity (Wildman–Crippen MR) is 178 cm³/mol. The zero-order chi connectivity index (χ0) is 32.7. The van der Waals surface area contributed by atoms with Gasteiger partial charge in [-0.15, -0.1) is 0 Å². The van der Waals surface area contributed by atoms with E-state index >= 15 is 0 Å². The summed E-state index contributed by atoms with van der Waals surface area (Å²) in [6, 6.07) is 7.56. The van der Waals surface area contributed by atoms with E-state index in [1.807, 2.05) is 45.0 Å². The molecule has 3 aliphatic rings. The molecule has 9 heteroatoms. The fraction of sp³-hybridized carbons (Fsp3) is 0.639. The van der Waals surface area contributed by atoms with Crippen LogP contribution in [0.15, 0.2) is 57.5 Å². The Morgan fingerprint density at radius 1 is 1.18 bits per heavy atom. The highest BCUT2D eigenvalue weighted by Crippen LogP contribution is 2.45. The average molecular weight is 689 g/mol. The third-order valence-corrected chi connectivity index (χ3v) is 10.2. The van der Waals surface area contributed by atoms with Gasteiger partial charge in [0.25, 0.3) is 0 Å². The first-order chi connectivity index (χ1) is 21.4. The fourth-order valence-corrected chi connectivity index (χ4v) is 6.87. The number of aliphatic hydroxyl groups excluding tert-OH is 2. The van der Waals surface area contributed by atoms with Gasteiger partial charge in [-0.2, -0.15) is 0 Å². The maximum Gasteiger partial charge on any atom is 0.311 e. The lowest BCUT2D eigenvalue weighted by Crippen LogP contribution is -2.43. The van der Waals surface area contributed by atoms with Crippen LogP contribution < -0.4 is 4.74 Å². The molecule has 0 saturated heterocycles. The van der Waals surface area contributed by atoms with Crippen LogP contribution in [0.25, 0.3) is 0 Å². The van der Waals surface area contributed by atoms with Crippen molar-refractivity contribution in [1.82, 2.24) is 0 Å². The highest BCUT2D eigenvalue weighted by molar-refractivity contribution is 9.10. The van der Waals surface area contributed by atoms with Crippen molar-refractivity contribution >= 4 is 33.6 Å². The number of allylic oxidation sites excluding steroid dienone is 3. The van der Waals surface area contributed by atoms with Gasteiger partial charge in [0, 0.05) is 12.3 Å². The Labute approximate surface area is 276 Å². The molecule has 0 aromatic heterocycles. The van der Waals surface area contributed by atoms with E-state index in [9.17, 15) is 19.8 Å². The van der Waals surface area contributed by atoms with Gasteiger partial charge in [-0.3, -0.25) is 14.6 Å². The molecule has 0 radical (unpaired) electrons. The van der Waals surface area contributed by atoms with Crippen LogP contribution in [0, 0.1) is 29.1 Å². The minimum Gasteiger partial charge on any atom is -0.488 e. The third kappa shape index (κ3) is 9.75. The third-order valence-electron chi connectivity index (χ3n) is 9.51. The molecule has 2 N–H and O–H groups in total. The molecule has 8 nitrogen and oxygen atoms in total. The first-order valence-electron chi connectivity index (χ1n) is 16.4. The number of esters is 1. The van der Waals surface area contributed by atoms with Crippen LogP contribution in [0.1, 0.15) is 79.6 Å². The summed E-state index contributed by atoms with van der Waals surface area (Å²) in [5.41, 5.74) is 0.676. The Hall–Kier alpha value is -2.49. The van der Waals surface area contributed by atoms with Crippen molar-refractivity contribution in [2.75, 3.05) is 13.2 Å². The standard InChI is InChI=1S/C36H50BrNO7/c1-6-36(4,5)35(42)45-32-16-22(2)15-24-12-11-23(3)29(34(24)32)14-13-25(39)17-26(40)18-27(41)19-33-38-20-28(44-33)21-43-31-10-8-7-9-30(31)37/h7-12,15,22-23,25-26,28-29,32,34,39-40H,6,13-14,16-21H2,1-5H3/t22-,23-,25+,26+,28?,29-,32-,34-/m0/s1. The van der Waals surface area contributed by atoms with Crippen molar-refractivity contribution in [3.05, 3.63) is 52.5 Å². The lowest BCUT2D eigenvalue weighted by molar-refractivity contribution is -0.164. The van der Waals surface area contributed by atoms with Crippen LogP contribution in [-0.4, -0.2) is 65.4 Å². The number of hydrogen-bond acceptors (Lipinski definition) is 8. The number of aliphatic hydroxyl groups is 2. The van der Waals surface area contributed by atoms with E-state index < -0.39 is 17.6 Å². The summed E-state index contributed by atoms with van der Waals surface area (Å²) in [5, 5.41) is 21.5. The Kier molecular flexibility index (Phi) is 12.5. The number of halogens is 1. The van der Waals surface area contributed by atoms with Crippen LogP contribution in [0.2, 0.25) is 0 Å². The number of ether oxygens (including phenoxy) is 3. The fourth-order valence-electron chi connectivity index (χ4n) is 6.47. The molecule has 0 amide bonds. The molecule has 1 unspecified atom stereocenters. The highest BCUT2D eigenvalue weighted by atomic mass is 79.9. The Bertz CT molecular complexity index is 1270. The van der Waals surface area contributed by atoms with Crippen molar-refractivity contribution in [2.24, 2.45) is 34.1 Å². The molecule has 0 fully saturated rings. The molecule has 2 aliphatic carbocycles. The van der Waals surface area contributed by atoms with E-state index in [-0.39, 0.29) is 61.0 Å². The zero-order valence-corrected chi connectivity index (χ0v) is 28.9. The SMILES string of the molecule is CCC(C)(C)C(=O)O[C@H]1C[C@@H](C)C=C2C=C[C@H](C)[C@H](CC[C@@H](O)C[C@@H](O)CC(=O)CC3=NCC(COc4ccccc4Br)O3)[C@H]21. The highest BCUT2D eigenvalue weighted by Gasteiger charge is 2.43. The molecule has 0 spiro atoms. The lowest BCUT2D eigenvalue weighted by Gasteiger charge is -2.44. The maximum absolute atomic E-state index is 13.1. The van der Waals surface area contributed by atoms with Crippen molar-refractivity contribution in [3.8, 4) is 5.75 Å². The number of hydrogen-bond donors (Lipinski definition) is 2. The van der Waals surface area contributed by atoms with E-state index in [0.717, 1.165) is 17.3 Å². The number of fused-ring (bicyclic) bond motifs is 1. The van der Waals surface area contributed by atoms with E-state index in [0.29, 0.717) is 43.6 Å². The summed E-state index contributed by atoms with van der Waals surface area (Å²) >= 11 is 3.45. The van der Waals surface area contributed by atoms with Gasteiger partial charge in [0.2, 0.25) is 0 Å². The number of rotatable bonds is 15. The van der Waals surface area contributed by atoms with Crippen LogP contribution in [-0.2, 0) is 19.1 Å². The summed E-state index contributed by atoms with van der Waals surface area (Å²) in [4.78, 5) is 30.1. The number of ketones is 1. The Morgan fingerprint density at radius 2 is 1.93 bits per heavy atom. The zero-order valence-electron chi connectivity index (χ0n) is 27.3. The normalized spacial score (nSPS) is 27.5. The lowest BCUT2D eigenvalue weighted by atomic mass is 9.65. The molecule has 1 heterocycles. The van der Waals surface area contributed by atoms with Crippen LogP contribution in [0.3, 0.4) is 0 Å². The molecule has 248 valence electrons. The Balaban J connectivity index is 1.23. The number of aliphatic imine (C=N–C) groups is 1. The number of Topliss-reactive ketones (excluding diaryl/α,β-unsaturated/α-hetero) is 1. The smallest absolute Gasteiger partial charge is 0.311 e. The van der Waals surface area contributed by atoms with Gasteiger partial charge in [0.15, 0.2) is 12.0 Å². The van der Waals surface area contributed by atoms with Gasteiger partial charge in [-0.05, 0) is 97.3 Å². The minimum absolute atomic E-state index is 0.00870. The molecule has 1 aliphatic heterocycles. The second kappa shape index (κ2) is 15.9. The Morgan fingerprint density at radius 3 is 2.67 bits per heavy atom. The summed E-state index contributed by atoms with van der Waals surface area (Å²) < 4.78 is 18.7. The maximum atomic E-state index is 13.1. The molecular formula is C36H50BrNO7. The summed E-state index contributed by atoms with van der Waals surface area (Å²) in [7, 11) is 0. The summed E-state index contributed by atoms with van der Waals surface area (Å²) in [6.07, 6.45) is 7.26. The minimum atomic E-state index is -0.955. The van der Waals surface area contributed by atoms with Crippen molar-refractivity contribution in [1.29, 1.82) is 0 Å². The van der Waals surface area contributed by atoms with Gasteiger partial charge in [0.05, 0.1) is 35.1 Å². The topological polar surface area (TPSA) is 115 Å². The number of para-hydroxylation sites is 1.